The molecule has 0 unspecified atom stereocenters. The summed E-state index contributed by atoms with van der Waals surface area (Å²) in [7, 11) is 0. The van der Waals surface area contributed by atoms with Gasteiger partial charge in [-0.25, -0.2) is 0 Å². The van der Waals surface area contributed by atoms with Gasteiger partial charge in [-0.1, -0.05) is 30.3 Å². The van der Waals surface area contributed by atoms with Crippen molar-refractivity contribution < 1.29 is 9.59 Å². The average molecular weight is 389 g/mol. The number of thiocarbonyl (C=S) groups is 1. The number of carbonyl (C=O) groups is 2. The SMILES string of the molecule is CCn1cc(/C=C2\C(=O)NC(=S)N(c3cccc(C)c3)C2=O)c2ccccc21. The highest BCUT2D eigenvalue weighted by Gasteiger charge is 2.34. The molecule has 2 aromatic carbocycles. The lowest BCUT2D eigenvalue weighted by molar-refractivity contribution is -0.122. The fourth-order valence-corrected chi connectivity index (χ4v) is 3.75. The third-order valence-corrected chi connectivity index (χ3v) is 5.11. The lowest BCUT2D eigenvalue weighted by atomic mass is 10.1. The minimum atomic E-state index is -0.479. The Bertz CT molecular complexity index is 1160. The van der Waals surface area contributed by atoms with Gasteiger partial charge in [-0.2, -0.15) is 0 Å². The van der Waals surface area contributed by atoms with Gasteiger partial charge in [0.25, 0.3) is 11.8 Å². The van der Waals surface area contributed by atoms with Crippen LogP contribution in [0.3, 0.4) is 0 Å². The summed E-state index contributed by atoms with van der Waals surface area (Å²) >= 11 is 5.27. The second-order valence-corrected chi connectivity index (χ2v) is 7.07. The number of hydrogen-bond acceptors (Lipinski definition) is 3. The number of nitrogens with one attached hydrogen (secondary N) is 1. The predicted molar refractivity (Wildman–Crippen MR) is 115 cm³/mol. The molecule has 0 saturated carbocycles. The quantitative estimate of drug-likeness (QED) is 0.421. The summed E-state index contributed by atoms with van der Waals surface area (Å²) in [6.07, 6.45) is 3.61. The van der Waals surface area contributed by atoms with Gasteiger partial charge in [0.15, 0.2) is 5.11 Å². The Balaban J connectivity index is 1.82. The maximum Gasteiger partial charge on any atom is 0.270 e. The van der Waals surface area contributed by atoms with Crippen LogP contribution in [0.15, 0.2) is 60.3 Å². The molecule has 1 aliphatic heterocycles. The fraction of sp³-hybridized carbons (Fsp3) is 0.136. The number of nitrogens with zero attached hydrogens (tertiary/aromatic N) is 2. The van der Waals surface area contributed by atoms with E-state index < -0.39 is 11.8 Å². The summed E-state index contributed by atoms with van der Waals surface area (Å²) in [6, 6.07) is 15.4. The molecule has 1 fully saturated rings. The Morgan fingerprint density at radius 2 is 1.89 bits per heavy atom. The molecule has 2 heterocycles. The zero-order chi connectivity index (χ0) is 19.8. The zero-order valence-corrected chi connectivity index (χ0v) is 16.4. The van der Waals surface area contributed by atoms with E-state index in [0.717, 1.165) is 28.6 Å². The minimum Gasteiger partial charge on any atom is -0.347 e. The molecule has 1 aromatic heterocycles. The van der Waals surface area contributed by atoms with Crippen LogP contribution in [0.2, 0.25) is 0 Å². The first kappa shape index (κ1) is 18.1. The molecule has 5 nitrogen and oxygen atoms in total. The van der Waals surface area contributed by atoms with E-state index in [0.29, 0.717) is 5.69 Å². The number of anilines is 1. The Kier molecular flexibility index (Phi) is 4.57. The van der Waals surface area contributed by atoms with Gasteiger partial charge in [0.2, 0.25) is 0 Å². The van der Waals surface area contributed by atoms with Crippen molar-refractivity contribution in [2.45, 2.75) is 20.4 Å². The number of fused-ring (bicyclic) bond motifs is 1. The maximum absolute atomic E-state index is 13.2. The molecular weight excluding hydrogens is 370 g/mol. The number of carbonyl (C=O) groups excluding carboxylic acids is 2. The van der Waals surface area contributed by atoms with Gasteiger partial charge >= 0.3 is 0 Å². The van der Waals surface area contributed by atoms with Crippen molar-refractivity contribution in [2.75, 3.05) is 4.90 Å². The second kappa shape index (κ2) is 7.05. The Labute approximate surface area is 168 Å². The normalized spacial score (nSPS) is 16.1. The molecule has 1 saturated heterocycles. The van der Waals surface area contributed by atoms with Crippen molar-refractivity contribution in [2.24, 2.45) is 0 Å². The number of para-hydroxylation sites is 1. The van der Waals surface area contributed by atoms with Gasteiger partial charge in [-0.05, 0) is 55.9 Å². The van der Waals surface area contributed by atoms with Crippen LogP contribution in [0, 0.1) is 6.92 Å². The fourth-order valence-electron chi connectivity index (χ4n) is 3.47. The molecule has 140 valence electrons. The van der Waals surface area contributed by atoms with Crippen LogP contribution in [0.25, 0.3) is 17.0 Å². The monoisotopic (exact) mass is 389 g/mol. The van der Waals surface area contributed by atoms with E-state index in [9.17, 15) is 9.59 Å². The Hall–Kier alpha value is -3.25. The van der Waals surface area contributed by atoms with Crippen molar-refractivity contribution in [3.05, 3.63) is 71.4 Å². The second-order valence-electron chi connectivity index (χ2n) is 6.68. The number of amides is 2. The molecule has 4 rings (SSSR count). The molecule has 2 amide bonds. The zero-order valence-electron chi connectivity index (χ0n) is 15.6. The van der Waals surface area contributed by atoms with Gasteiger partial charge in [0.05, 0.1) is 5.69 Å². The summed E-state index contributed by atoms with van der Waals surface area (Å²) in [6.45, 7) is 4.79. The highest BCUT2D eigenvalue weighted by atomic mass is 32.1. The van der Waals surface area contributed by atoms with Crippen molar-refractivity contribution in [1.29, 1.82) is 0 Å². The first-order valence-corrected chi connectivity index (χ1v) is 9.46. The van der Waals surface area contributed by atoms with Crippen molar-refractivity contribution >= 4 is 51.8 Å². The summed E-state index contributed by atoms with van der Waals surface area (Å²) in [5, 5.41) is 3.72. The van der Waals surface area contributed by atoms with Gasteiger partial charge in [0, 0.05) is 29.2 Å². The first-order chi connectivity index (χ1) is 13.5. The van der Waals surface area contributed by atoms with Crippen LogP contribution in [0.1, 0.15) is 18.1 Å². The van der Waals surface area contributed by atoms with Crippen molar-refractivity contribution in [3.8, 4) is 0 Å². The van der Waals surface area contributed by atoms with Gasteiger partial charge in [0.1, 0.15) is 5.57 Å². The summed E-state index contributed by atoms with van der Waals surface area (Å²) in [5.74, 6) is -0.903. The van der Waals surface area contributed by atoms with Crippen LogP contribution in [-0.4, -0.2) is 21.5 Å². The molecule has 0 radical (unpaired) electrons. The molecule has 1 aliphatic rings. The molecule has 1 N–H and O–H groups in total. The molecule has 0 atom stereocenters. The van der Waals surface area contributed by atoms with Crippen molar-refractivity contribution in [3.63, 3.8) is 0 Å². The van der Waals surface area contributed by atoms with Gasteiger partial charge < -0.3 is 4.57 Å². The Morgan fingerprint density at radius 3 is 2.64 bits per heavy atom. The van der Waals surface area contributed by atoms with E-state index in [1.165, 1.54) is 4.90 Å². The molecule has 3 aromatic rings. The van der Waals surface area contributed by atoms with E-state index in [1.807, 2.05) is 55.6 Å². The van der Waals surface area contributed by atoms with E-state index >= 15 is 0 Å². The van der Waals surface area contributed by atoms with E-state index in [1.54, 1.807) is 12.1 Å². The lowest BCUT2D eigenvalue weighted by Gasteiger charge is -2.29. The molecule has 0 bridgehead atoms. The maximum atomic E-state index is 13.2. The summed E-state index contributed by atoms with van der Waals surface area (Å²) < 4.78 is 2.09. The standard InChI is InChI=1S/C22H19N3O2S/c1-3-24-13-15(17-9-4-5-10-19(17)24)12-18-20(26)23-22(28)25(21(18)27)16-8-6-7-14(2)11-16/h4-13H,3H2,1-2H3,(H,23,26,28)/b18-12+. The highest BCUT2D eigenvalue weighted by Crippen LogP contribution is 2.27. The van der Waals surface area contributed by atoms with Crippen LogP contribution in [0.5, 0.6) is 0 Å². The van der Waals surface area contributed by atoms with E-state index in [2.05, 4.69) is 16.8 Å². The van der Waals surface area contributed by atoms with E-state index in [-0.39, 0.29) is 10.7 Å². The number of rotatable bonds is 3. The van der Waals surface area contributed by atoms with E-state index in [4.69, 9.17) is 12.2 Å². The van der Waals surface area contributed by atoms with Crippen LogP contribution >= 0.6 is 12.2 Å². The first-order valence-electron chi connectivity index (χ1n) is 9.05. The number of aryl methyl sites for hydroxylation is 2. The topological polar surface area (TPSA) is 54.3 Å². The molecule has 6 heteroatoms. The van der Waals surface area contributed by atoms with Crippen LogP contribution in [0.4, 0.5) is 5.69 Å². The largest absolute Gasteiger partial charge is 0.347 e. The molecular formula is C22H19N3O2S. The average Bonchev–Trinajstić information content (AvgIpc) is 3.03. The molecule has 0 aliphatic carbocycles. The summed E-state index contributed by atoms with van der Waals surface area (Å²) in [5.41, 5.74) is 3.59. The predicted octanol–water partition coefficient (Wildman–Crippen LogP) is 3.80. The van der Waals surface area contributed by atoms with Gasteiger partial charge in [-0.3, -0.25) is 19.8 Å². The Morgan fingerprint density at radius 1 is 1.11 bits per heavy atom. The number of hydrogen-bond donors (Lipinski definition) is 1. The van der Waals surface area contributed by atoms with Gasteiger partial charge in [-0.15, -0.1) is 0 Å². The number of aromatic nitrogens is 1. The smallest absolute Gasteiger partial charge is 0.270 e. The van der Waals surface area contributed by atoms with Crippen LogP contribution < -0.4 is 10.2 Å². The number of benzene rings is 2. The third kappa shape index (κ3) is 3.01. The van der Waals surface area contributed by atoms with Crippen molar-refractivity contribution in [1.82, 2.24) is 9.88 Å². The molecule has 0 spiro atoms. The minimum absolute atomic E-state index is 0.0640. The third-order valence-electron chi connectivity index (χ3n) is 4.82. The molecule has 28 heavy (non-hydrogen) atoms. The van der Waals surface area contributed by atoms with Crippen LogP contribution in [-0.2, 0) is 16.1 Å². The highest BCUT2D eigenvalue weighted by molar-refractivity contribution is 7.80. The summed E-state index contributed by atoms with van der Waals surface area (Å²) in [4.78, 5) is 27.1. The lowest BCUT2D eigenvalue weighted by Crippen LogP contribution is -2.54.